The van der Waals surface area contributed by atoms with Crippen LogP contribution in [0, 0.1) is 20.8 Å². The Kier molecular flexibility index (Phi) is 4.56. The number of hydrogen-bond donors (Lipinski definition) is 0. The first-order valence-corrected chi connectivity index (χ1v) is 9.69. The van der Waals surface area contributed by atoms with Gasteiger partial charge in [0.05, 0.1) is 9.80 Å². The van der Waals surface area contributed by atoms with E-state index in [1.807, 2.05) is 12.2 Å². The quantitative estimate of drug-likeness (QED) is 0.589. The molecule has 23 heavy (non-hydrogen) atoms. The monoisotopic (exact) mass is 337 g/mol. The molecule has 1 aliphatic heterocycles. The Labute approximate surface area is 146 Å². The lowest BCUT2D eigenvalue weighted by molar-refractivity contribution is 1.15. The summed E-state index contributed by atoms with van der Waals surface area (Å²) in [5, 5.41) is 0. The molecule has 0 nitrogen and oxygen atoms in total. The minimum atomic E-state index is -0.113. The second kappa shape index (κ2) is 6.46. The fourth-order valence-corrected chi connectivity index (χ4v) is 7.07. The van der Waals surface area contributed by atoms with Crippen molar-refractivity contribution >= 4 is 22.7 Å². The molecule has 1 unspecified atom stereocenters. The number of allylic oxidation sites excluding steroid dienone is 2. The highest BCUT2D eigenvalue weighted by atomic mass is 32.2. The molecule has 2 aromatic carbocycles. The minimum absolute atomic E-state index is 0.113. The lowest BCUT2D eigenvalue weighted by Gasteiger charge is -2.21. The Morgan fingerprint density at radius 3 is 2.22 bits per heavy atom. The van der Waals surface area contributed by atoms with Gasteiger partial charge in [-0.1, -0.05) is 60.8 Å². The van der Waals surface area contributed by atoms with Crippen LogP contribution in [-0.2, 0) is 10.9 Å². The summed E-state index contributed by atoms with van der Waals surface area (Å²) in [6.07, 6.45) is 3.98. The summed E-state index contributed by atoms with van der Waals surface area (Å²) in [5.74, 6) is 0. The number of fused-ring (bicyclic) bond motifs is 1. The molecule has 0 spiro atoms. The average Bonchev–Trinajstić information content (AvgIpc) is 2.53. The van der Waals surface area contributed by atoms with E-state index in [2.05, 4.69) is 70.3 Å². The zero-order valence-corrected chi connectivity index (χ0v) is 15.5. The summed E-state index contributed by atoms with van der Waals surface area (Å²) in [6, 6.07) is 13.3. The van der Waals surface area contributed by atoms with E-state index in [-0.39, 0.29) is 10.9 Å². The Morgan fingerprint density at radius 1 is 0.957 bits per heavy atom. The molecule has 0 aromatic heterocycles. The van der Waals surface area contributed by atoms with Crippen LogP contribution in [0.15, 0.2) is 86.2 Å². The lowest BCUT2D eigenvalue weighted by Crippen LogP contribution is -2.14. The SMILES string of the molecule is C=CC1=C(C=C)[S+](c2c(C)cc(C)cc2C)c2ccccc2S1. The summed E-state index contributed by atoms with van der Waals surface area (Å²) in [5.41, 5.74) is 4.03. The Morgan fingerprint density at radius 2 is 1.61 bits per heavy atom. The van der Waals surface area contributed by atoms with E-state index in [0.717, 1.165) is 0 Å². The van der Waals surface area contributed by atoms with Gasteiger partial charge < -0.3 is 0 Å². The largest absolute Gasteiger partial charge is 0.180 e. The molecule has 1 aliphatic rings. The molecule has 0 saturated carbocycles. The van der Waals surface area contributed by atoms with Crippen LogP contribution < -0.4 is 0 Å². The summed E-state index contributed by atoms with van der Waals surface area (Å²) in [7, 11) is -0.113. The standard InChI is InChI=1S/C21H21S2/c1-6-17-19(7-2)23(20-11-9-8-10-18(20)22-17)21-15(4)12-14(3)13-16(21)5/h6-13H,1-2H2,3-5H3/q+1. The number of hydrogen-bond acceptors (Lipinski definition) is 1. The van der Waals surface area contributed by atoms with Crippen molar-refractivity contribution in [3.05, 3.63) is 88.2 Å². The van der Waals surface area contributed by atoms with Gasteiger partial charge in [0.25, 0.3) is 0 Å². The number of rotatable bonds is 3. The Hall–Kier alpha value is -1.64. The molecular formula is C21H21S2+. The maximum atomic E-state index is 4.10. The van der Waals surface area contributed by atoms with Gasteiger partial charge >= 0.3 is 0 Å². The molecule has 116 valence electrons. The normalized spacial score (nSPS) is 16.9. The fourth-order valence-electron chi connectivity index (χ4n) is 3.13. The van der Waals surface area contributed by atoms with Crippen LogP contribution in [0.5, 0.6) is 0 Å². The average molecular weight is 338 g/mol. The van der Waals surface area contributed by atoms with Crippen molar-refractivity contribution in [1.82, 2.24) is 0 Å². The van der Waals surface area contributed by atoms with Gasteiger partial charge in [-0.3, -0.25) is 0 Å². The maximum absolute atomic E-state index is 4.10. The minimum Gasteiger partial charge on any atom is -0.0978 e. The first-order chi connectivity index (χ1) is 11.1. The van der Waals surface area contributed by atoms with Gasteiger partial charge in [-0.15, -0.1) is 0 Å². The van der Waals surface area contributed by atoms with Crippen LogP contribution in [0.25, 0.3) is 0 Å². The predicted molar refractivity (Wildman–Crippen MR) is 104 cm³/mol. The molecule has 0 amide bonds. The summed E-state index contributed by atoms with van der Waals surface area (Å²) in [6.45, 7) is 14.7. The van der Waals surface area contributed by atoms with Gasteiger partial charge in [0.1, 0.15) is 10.9 Å². The summed E-state index contributed by atoms with van der Waals surface area (Å²) < 4.78 is 0. The first-order valence-electron chi connectivity index (χ1n) is 7.65. The van der Waals surface area contributed by atoms with Gasteiger partial charge in [0.2, 0.25) is 0 Å². The van der Waals surface area contributed by atoms with Gasteiger partial charge in [-0.2, -0.15) is 0 Å². The number of benzene rings is 2. The third-order valence-corrected chi connectivity index (χ3v) is 8.05. The molecule has 0 bridgehead atoms. The molecule has 1 atom stereocenters. The molecule has 0 radical (unpaired) electrons. The summed E-state index contributed by atoms with van der Waals surface area (Å²) >= 11 is 1.80. The van der Waals surface area contributed by atoms with Gasteiger partial charge in [0, 0.05) is 11.1 Å². The van der Waals surface area contributed by atoms with Crippen LogP contribution >= 0.6 is 11.8 Å². The van der Waals surface area contributed by atoms with Crippen molar-refractivity contribution in [2.24, 2.45) is 0 Å². The van der Waals surface area contributed by atoms with E-state index < -0.39 is 0 Å². The van der Waals surface area contributed by atoms with Crippen molar-refractivity contribution < 1.29 is 0 Å². The van der Waals surface area contributed by atoms with Crippen LogP contribution in [0.4, 0.5) is 0 Å². The molecule has 2 aromatic rings. The smallest absolute Gasteiger partial charge is 0.0978 e. The van der Waals surface area contributed by atoms with E-state index in [0.29, 0.717) is 0 Å². The molecule has 0 fully saturated rings. The maximum Gasteiger partial charge on any atom is 0.180 e. The highest BCUT2D eigenvalue weighted by Crippen LogP contribution is 2.48. The molecule has 2 heteroatoms. The zero-order valence-electron chi connectivity index (χ0n) is 13.8. The molecule has 0 saturated heterocycles. The lowest BCUT2D eigenvalue weighted by atomic mass is 10.1. The molecule has 0 N–H and O–H groups in total. The Balaban J connectivity index is 2.33. The van der Waals surface area contributed by atoms with Gasteiger partial charge in [0.15, 0.2) is 14.7 Å². The second-order valence-electron chi connectivity index (χ2n) is 5.72. The summed E-state index contributed by atoms with van der Waals surface area (Å²) in [4.78, 5) is 6.67. The highest BCUT2D eigenvalue weighted by molar-refractivity contribution is 8.08. The molecule has 0 aliphatic carbocycles. The van der Waals surface area contributed by atoms with Crippen molar-refractivity contribution in [2.45, 2.75) is 35.5 Å². The topological polar surface area (TPSA) is 0 Å². The van der Waals surface area contributed by atoms with Gasteiger partial charge in [-0.05, 0) is 39.0 Å². The first kappa shape index (κ1) is 16.2. The highest BCUT2D eigenvalue weighted by Gasteiger charge is 2.40. The number of thioether (sulfide) groups is 1. The van der Waals surface area contributed by atoms with Crippen molar-refractivity contribution in [3.63, 3.8) is 0 Å². The Bertz CT molecular complexity index is 804. The molecule has 1 heterocycles. The zero-order chi connectivity index (χ0) is 16.6. The van der Waals surface area contributed by atoms with Crippen molar-refractivity contribution in [1.29, 1.82) is 0 Å². The molecular weight excluding hydrogens is 316 g/mol. The van der Waals surface area contributed by atoms with E-state index in [1.165, 1.54) is 41.2 Å². The van der Waals surface area contributed by atoms with Gasteiger partial charge in [-0.25, -0.2) is 0 Å². The third kappa shape index (κ3) is 2.82. The van der Waals surface area contributed by atoms with Crippen LogP contribution in [0.1, 0.15) is 16.7 Å². The van der Waals surface area contributed by atoms with E-state index in [1.54, 1.807) is 11.8 Å². The second-order valence-corrected chi connectivity index (χ2v) is 8.70. The third-order valence-electron chi connectivity index (χ3n) is 3.93. The van der Waals surface area contributed by atoms with E-state index >= 15 is 0 Å². The van der Waals surface area contributed by atoms with Crippen molar-refractivity contribution in [3.8, 4) is 0 Å². The van der Waals surface area contributed by atoms with Crippen LogP contribution in [0.3, 0.4) is 0 Å². The van der Waals surface area contributed by atoms with Crippen LogP contribution in [-0.4, -0.2) is 0 Å². The number of aryl methyl sites for hydroxylation is 3. The van der Waals surface area contributed by atoms with Crippen LogP contribution in [0.2, 0.25) is 0 Å². The van der Waals surface area contributed by atoms with E-state index in [4.69, 9.17) is 0 Å². The van der Waals surface area contributed by atoms with Crippen molar-refractivity contribution in [2.75, 3.05) is 0 Å². The predicted octanol–water partition coefficient (Wildman–Crippen LogP) is 6.34. The molecule has 3 rings (SSSR count). The van der Waals surface area contributed by atoms with E-state index in [9.17, 15) is 0 Å². The fraction of sp³-hybridized carbons (Fsp3) is 0.143.